The number of anilines is 1. The van der Waals surface area contributed by atoms with Crippen molar-refractivity contribution in [1.82, 2.24) is 19.9 Å². The molecule has 32 heavy (non-hydrogen) atoms. The summed E-state index contributed by atoms with van der Waals surface area (Å²) >= 11 is 1.47. The van der Waals surface area contributed by atoms with Gasteiger partial charge in [0.05, 0.1) is 28.2 Å². The molecule has 5 rings (SSSR count). The maximum atomic E-state index is 13.3. The van der Waals surface area contributed by atoms with E-state index >= 15 is 0 Å². The number of nitrogens with one attached hydrogen (secondary N) is 1. The molecule has 1 saturated heterocycles. The molecule has 1 aromatic carbocycles. The van der Waals surface area contributed by atoms with Crippen LogP contribution in [0.5, 0.6) is 0 Å². The van der Waals surface area contributed by atoms with E-state index in [9.17, 15) is 4.79 Å². The molecular weight excluding hydrogens is 418 g/mol. The lowest BCUT2D eigenvalue weighted by Gasteiger charge is -2.30. The summed E-state index contributed by atoms with van der Waals surface area (Å²) in [5.41, 5.74) is 3.75. The van der Waals surface area contributed by atoms with E-state index in [1.807, 2.05) is 53.9 Å². The van der Waals surface area contributed by atoms with Crippen LogP contribution in [0.2, 0.25) is 0 Å². The normalized spacial score (nSPS) is 16.8. The fourth-order valence-corrected chi connectivity index (χ4v) is 4.97. The molecule has 1 atom stereocenters. The molecular formula is C25H25N5OS. The van der Waals surface area contributed by atoms with Crippen molar-refractivity contribution < 1.29 is 4.79 Å². The average Bonchev–Trinajstić information content (AvgIpc) is 3.25. The van der Waals surface area contributed by atoms with Crippen LogP contribution >= 0.6 is 11.3 Å². The number of piperidine rings is 1. The van der Waals surface area contributed by atoms with Crippen LogP contribution in [0.3, 0.4) is 0 Å². The molecule has 4 heterocycles. The van der Waals surface area contributed by atoms with Crippen molar-refractivity contribution in [2.45, 2.75) is 26.3 Å². The maximum absolute atomic E-state index is 13.3. The number of benzene rings is 1. The van der Waals surface area contributed by atoms with Gasteiger partial charge < -0.3 is 0 Å². The van der Waals surface area contributed by atoms with E-state index in [0.29, 0.717) is 16.4 Å². The quantitative estimate of drug-likeness (QED) is 0.457. The van der Waals surface area contributed by atoms with E-state index in [2.05, 4.69) is 27.1 Å². The molecule has 0 aliphatic carbocycles. The lowest BCUT2D eigenvalue weighted by molar-refractivity contribution is 0.102. The van der Waals surface area contributed by atoms with E-state index in [4.69, 9.17) is 4.98 Å². The highest BCUT2D eigenvalue weighted by atomic mass is 32.1. The van der Waals surface area contributed by atoms with E-state index in [0.717, 1.165) is 47.8 Å². The minimum absolute atomic E-state index is 0.187. The maximum Gasteiger partial charge on any atom is 0.258 e. The van der Waals surface area contributed by atoms with Crippen molar-refractivity contribution in [1.29, 1.82) is 0 Å². The second-order valence-electron chi connectivity index (χ2n) is 8.37. The first-order valence-electron chi connectivity index (χ1n) is 10.9. The average molecular weight is 444 g/mol. The monoisotopic (exact) mass is 443 g/mol. The predicted molar refractivity (Wildman–Crippen MR) is 129 cm³/mol. The van der Waals surface area contributed by atoms with Gasteiger partial charge in [-0.15, -0.1) is 11.3 Å². The minimum Gasteiger partial charge on any atom is -0.298 e. The summed E-state index contributed by atoms with van der Waals surface area (Å²) in [5.74, 6) is 0.545. The summed E-state index contributed by atoms with van der Waals surface area (Å²) in [6.07, 6.45) is 4.27. The van der Waals surface area contributed by atoms with Crippen LogP contribution in [0.4, 0.5) is 5.13 Å². The second-order valence-corrected chi connectivity index (χ2v) is 9.23. The second kappa shape index (κ2) is 9.14. The molecule has 4 aromatic rings. The number of hydrogen-bond donors (Lipinski definition) is 1. The zero-order chi connectivity index (χ0) is 21.9. The first-order valence-corrected chi connectivity index (χ1v) is 11.8. The Morgan fingerprint density at radius 3 is 2.88 bits per heavy atom. The highest BCUT2D eigenvalue weighted by Crippen LogP contribution is 2.26. The fourth-order valence-electron chi connectivity index (χ4n) is 4.27. The summed E-state index contributed by atoms with van der Waals surface area (Å²) in [6, 6.07) is 15.2. The summed E-state index contributed by atoms with van der Waals surface area (Å²) in [4.78, 5) is 29.5. The highest BCUT2D eigenvalue weighted by molar-refractivity contribution is 7.14. The molecule has 6 nitrogen and oxygen atoms in total. The van der Waals surface area contributed by atoms with Crippen molar-refractivity contribution in [3.8, 4) is 11.4 Å². The predicted octanol–water partition coefficient (Wildman–Crippen LogP) is 5.24. The molecule has 0 bridgehead atoms. The molecule has 0 unspecified atom stereocenters. The van der Waals surface area contributed by atoms with Crippen LogP contribution in [0.25, 0.3) is 22.3 Å². The van der Waals surface area contributed by atoms with Gasteiger partial charge in [-0.3, -0.25) is 20.0 Å². The Labute approximate surface area is 191 Å². The summed E-state index contributed by atoms with van der Waals surface area (Å²) < 4.78 is 0. The number of hydrogen-bond acceptors (Lipinski definition) is 6. The Hall–Kier alpha value is -3.16. The largest absolute Gasteiger partial charge is 0.298 e. The van der Waals surface area contributed by atoms with Gasteiger partial charge in [0.15, 0.2) is 5.13 Å². The smallest absolute Gasteiger partial charge is 0.258 e. The zero-order valence-corrected chi connectivity index (χ0v) is 18.8. The van der Waals surface area contributed by atoms with Crippen LogP contribution < -0.4 is 5.32 Å². The fraction of sp³-hybridized carbons (Fsp3) is 0.280. The number of carbonyl (C=O) groups excluding carboxylic acids is 1. The first-order chi connectivity index (χ1) is 15.7. The third kappa shape index (κ3) is 4.54. The summed E-state index contributed by atoms with van der Waals surface area (Å²) in [5, 5.41) is 6.47. The van der Waals surface area contributed by atoms with E-state index in [1.54, 1.807) is 6.20 Å². The number of pyridine rings is 2. The Morgan fingerprint density at radius 1 is 1.16 bits per heavy atom. The molecule has 1 N–H and O–H groups in total. The molecule has 3 aromatic heterocycles. The standard InChI is InChI=1S/C25H25N5OS/c1-17-7-6-12-30(14-17)15-18-16-32-25(27-18)29-24(31)20-13-23(22-10-4-5-11-26-22)28-21-9-3-2-8-19(20)21/h2-5,8-11,13,16-17H,6-7,12,14-15H2,1H3,(H,27,29,31)/t17-/m1/s1. The SMILES string of the molecule is C[C@@H]1CCCN(Cc2csc(NC(=O)c3cc(-c4ccccn4)nc4ccccc34)n2)C1. The van der Waals surface area contributed by atoms with Gasteiger partial charge in [0.2, 0.25) is 0 Å². The van der Waals surface area contributed by atoms with Crippen molar-refractivity contribution >= 4 is 33.3 Å². The number of para-hydroxylation sites is 1. The number of amides is 1. The zero-order valence-electron chi connectivity index (χ0n) is 18.0. The Morgan fingerprint density at radius 2 is 2.03 bits per heavy atom. The summed E-state index contributed by atoms with van der Waals surface area (Å²) in [7, 11) is 0. The molecule has 0 spiro atoms. The first kappa shape index (κ1) is 20.7. The van der Waals surface area contributed by atoms with Gasteiger partial charge in [0, 0.05) is 30.1 Å². The number of nitrogens with zero attached hydrogens (tertiary/aromatic N) is 4. The topological polar surface area (TPSA) is 71.0 Å². The molecule has 7 heteroatoms. The molecule has 162 valence electrons. The van der Waals surface area contributed by atoms with E-state index in [-0.39, 0.29) is 5.91 Å². The minimum atomic E-state index is -0.187. The van der Waals surface area contributed by atoms with Gasteiger partial charge in [-0.2, -0.15) is 0 Å². The number of fused-ring (bicyclic) bond motifs is 1. The Kier molecular flexibility index (Phi) is 5.92. The number of likely N-dealkylation sites (tertiary alicyclic amines) is 1. The van der Waals surface area contributed by atoms with Crippen LogP contribution in [0.1, 0.15) is 35.8 Å². The number of thiazole rings is 1. The van der Waals surface area contributed by atoms with Gasteiger partial charge >= 0.3 is 0 Å². The van der Waals surface area contributed by atoms with Crippen LogP contribution in [0, 0.1) is 5.92 Å². The molecule has 0 radical (unpaired) electrons. The summed E-state index contributed by atoms with van der Waals surface area (Å²) in [6.45, 7) is 5.36. The third-order valence-corrected chi connectivity index (χ3v) is 6.59. The van der Waals surface area contributed by atoms with E-state index < -0.39 is 0 Å². The molecule has 1 aliphatic rings. The molecule has 1 amide bonds. The lowest BCUT2D eigenvalue weighted by Crippen LogP contribution is -2.33. The van der Waals surface area contributed by atoms with Crippen LogP contribution in [0.15, 0.2) is 60.1 Å². The van der Waals surface area contributed by atoms with Gasteiger partial charge in [-0.05, 0) is 49.6 Å². The van der Waals surface area contributed by atoms with Gasteiger partial charge in [-0.1, -0.05) is 31.2 Å². The molecule has 1 aliphatic heterocycles. The third-order valence-electron chi connectivity index (χ3n) is 5.79. The van der Waals surface area contributed by atoms with Gasteiger partial charge in [0.25, 0.3) is 5.91 Å². The van der Waals surface area contributed by atoms with Crippen molar-refractivity contribution in [2.24, 2.45) is 5.92 Å². The van der Waals surface area contributed by atoms with Crippen LogP contribution in [-0.2, 0) is 6.54 Å². The van der Waals surface area contributed by atoms with Crippen molar-refractivity contribution in [3.63, 3.8) is 0 Å². The van der Waals surface area contributed by atoms with Crippen molar-refractivity contribution in [2.75, 3.05) is 18.4 Å². The Balaban J connectivity index is 1.39. The molecule has 1 fully saturated rings. The Bertz CT molecular complexity index is 1240. The molecule has 0 saturated carbocycles. The highest BCUT2D eigenvalue weighted by Gasteiger charge is 2.19. The van der Waals surface area contributed by atoms with Gasteiger partial charge in [0.1, 0.15) is 0 Å². The number of aromatic nitrogens is 3. The van der Waals surface area contributed by atoms with E-state index in [1.165, 1.54) is 24.2 Å². The number of rotatable bonds is 5. The van der Waals surface area contributed by atoms with Crippen molar-refractivity contribution in [3.05, 3.63) is 71.4 Å². The van der Waals surface area contributed by atoms with Gasteiger partial charge in [-0.25, -0.2) is 9.97 Å². The number of carbonyl (C=O) groups is 1. The lowest BCUT2D eigenvalue weighted by atomic mass is 10.0. The van der Waals surface area contributed by atoms with Crippen LogP contribution in [-0.4, -0.2) is 38.8 Å².